The van der Waals surface area contributed by atoms with Crippen LogP contribution in [0.25, 0.3) is 0 Å². The normalized spacial score (nSPS) is 15.1. The summed E-state index contributed by atoms with van der Waals surface area (Å²) in [4.78, 5) is 2.33. The summed E-state index contributed by atoms with van der Waals surface area (Å²) in [7, 11) is -0.595. The van der Waals surface area contributed by atoms with Crippen molar-refractivity contribution in [1.29, 1.82) is 0 Å². The van der Waals surface area contributed by atoms with E-state index >= 15 is 0 Å². The molecule has 0 spiro atoms. The SMILES string of the molecule is CO[SH](=O)=Nc1cc(Br)cc2c1CCN2Cc1ccccc1. The molecule has 0 saturated heterocycles. The molecule has 0 fully saturated rings. The summed E-state index contributed by atoms with van der Waals surface area (Å²) in [6.45, 7) is 1.80. The lowest BCUT2D eigenvalue weighted by Gasteiger charge is -2.20. The third kappa shape index (κ3) is 3.34. The number of thiol groups is 1. The third-order valence-corrected chi connectivity index (χ3v) is 4.85. The van der Waals surface area contributed by atoms with Crippen LogP contribution in [0.4, 0.5) is 11.4 Å². The molecule has 1 heterocycles. The number of hydrogen-bond donors (Lipinski definition) is 1. The summed E-state index contributed by atoms with van der Waals surface area (Å²) < 4.78 is 21.5. The van der Waals surface area contributed by atoms with E-state index in [-0.39, 0.29) is 0 Å². The van der Waals surface area contributed by atoms with Crippen LogP contribution in [0.5, 0.6) is 0 Å². The molecule has 6 heteroatoms. The van der Waals surface area contributed by atoms with Gasteiger partial charge >= 0.3 is 0 Å². The van der Waals surface area contributed by atoms with Crippen LogP contribution < -0.4 is 4.90 Å². The van der Waals surface area contributed by atoms with Gasteiger partial charge in [0.15, 0.2) is 10.9 Å². The van der Waals surface area contributed by atoms with Gasteiger partial charge in [-0.3, -0.25) is 4.18 Å². The molecule has 0 N–H and O–H groups in total. The van der Waals surface area contributed by atoms with E-state index in [0.29, 0.717) is 0 Å². The van der Waals surface area contributed by atoms with Gasteiger partial charge in [-0.05, 0) is 24.1 Å². The highest BCUT2D eigenvalue weighted by Gasteiger charge is 2.22. The lowest BCUT2D eigenvalue weighted by atomic mass is 10.1. The molecule has 22 heavy (non-hydrogen) atoms. The van der Waals surface area contributed by atoms with Crippen molar-refractivity contribution in [3.8, 4) is 0 Å². The Kier molecular flexibility index (Phi) is 4.81. The summed E-state index contributed by atoms with van der Waals surface area (Å²) >= 11 is 3.52. The van der Waals surface area contributed by atoms with E-state index in [0.717, 1.165) is 40.9 Å². The van der Waals surface area contributed by atoms with Gasteiger partial charge in [-0.15, -0.1) is 0 Å². The fraction of sp³-hybridized carbons (Fsp3) is 0.250. The summed E-state index contributed by atoms with van der Waals surface area (Å²) in [5, 5.41) is 0. The summed E-state index contributed by atoms with van der Waals surface area (Å²) in [6.07, 6.45) is 0.904. The molecule has 0 aliphatic carbocycles. The average molecular weight is 381 g/mol. The standard InChI is InChI=1S/C16H17BrN2O2S/c1-21-22(20)18-15-9-13(17)10-16-14(15)7-8-19(16)11-12-5-3-2-4-6-12/h2-6,9-10,22H,7-8,11H2,1H3. The second-order valence-corrected chi connectivity index (χ2v) is 7.06. The smallest absolute Gasteiger partial charge is 0.156 e. The minimum absolute atomic E-state index is 0.753. The predicted molar refractivity (Wildman–Crippen MR) is 94.0 cm³/mol. The van der Waals surface area contributed by atoms with Gasteiger partial charge in [-0.25, -0.2) is 4.21 Å². The van der Waals surface area contributed by atoms with Crippen LogP contribution in [-0.4, -0.2) is 17.9 Å². The van der Waals surface area contributed by atoms with E-state index in [2.05, 4.69) is 55.5 Å². The molecule has 1 aliphatic rings. The quantitative estimate of drug-likeness (QED) is 0.818. The van der Waals surface area contributed by atoms with Crippen LogP contribution in [0.15, 0.2) is 51.3 Å². The Hall–Kier alpha value is -1.37. The number of anilines is 1. The Morgan fingerprint density at radius 1 is 1.32 bits per heavy atom. The number of benzene rings is 2. The zero-order valence-corrected chi connectivity index (χ0v) is 14.7. The van der Waals surface area contributed by atoms with Gasteiger partial charge in [-0.1, -0.05) is 46.3 Å². The van der Waals surface area contributed by atoms with E-state index in [1.807, 2.05) is 12.1 Å². The first-order valence-electron chi connectivity index (χ1n) is 7.01. The van der Waals surface area contributed by atoms with E-state index in [1.54, 1.807) is 0 Å². The Morgan fingerprint density at radius 3 is 2.82 bits per heavy atom. The molecule has 1 atom stereocenters. The summed E-state index contributed by atoms with van der Waals surface area (Å²) in [5.74, 6) is 0. The van der Waals surface area contributed by atoms with Crippen molar-refractivity contribution in [3.05, 3.63) is 58.1 Å². The number of fused-ring (bicyclic) bond motifs is 1. The highest BCUT2D eigenvalue weighted by Crippen LogP contribution is 2.39. The maximum absolute atomic E-state index is 11.6. The minimum Gasteiger partial charge on any atom is -0.367 e. The summed E-state index contributed by atoms with van der Waals surface area (Å²) in [6, 6.07) is 14.4. The van der Waals surface area contributed by atoms with Crippen LogP contribution in [0, 0.1) is 0 Å². The molecule has 1 aliphatic heterocycles. The first-order valence-corrected chi connectivity index (χ1v) is 8.94. The van der Waals surface area contributed by atoms with Gasteiger partial charge in [-0.2, -0.15) is 4.36 Å². The maximum Gasteiger partial charge on any atom is 0.156 e. The molecule has 2 aromatic rings. The fourth-order valence-corrected chi connectivity index (χ4v) is 3.57. The van der Waals surface area contributed by atoms with E-state index in [9.17, 15) is 4.21 Å². The average Bonchev–Trinajstić information content (AvgIpc) is 2.91. The van der Waals surface area contributed by atoms with Gasteiger partial charge in [0.2, 0.25) is 0 Å². The molecular formula is C16H17BrN2O2S. The zero-order chi connectivity index (χ0) is 15.5. The molecule has 1 unspecified atom stereocenters. The van der Waals surface area contributed by atoms with Crippen molar-refractivity contribution < 1.29 is 8.39 Å². The van der Waals surface area contributed by atoms with Gasteiger partial charge < -0.3 is 4.90 Å². The van der Waals surface area contributed by atoms with Gasteiger partial charge in [0, 0.05) is 28.8 Å². The van der Waals surface area contributed by atoms with Gasteiger partial charge in [0.1, 0.15) is 0 Å². The van der Waals surface area contributed by atoms with Crippen molar-refractivity contribution in [2.24, 2.45) is 4.36 Å². The van der Waals surface area contributed by atoms with Crippen LogP contribution in [0.2, 0.25) is 0 Å². The molecule has 2 aromatic carbocycles. The Labute approximate surface area is 140 Å². The minimum atomic E-state index is -2.00. The van der Waals surface area contributed by atoms with Crippen molar-refractivity contribution >= 4 is 38.2 Å². The third-order valence-electron chi connectivity index (χ3n) is 3.70. The first-order chi connectivity index (χ1) is 10.7. The molecule has 4 nitrogen and oxygen atoms in total. The molecule has 0 bridgehead atoms. The van der Waals surface area contributed by atoms with Crippen molar-refractivity contribution in [1.82, 2.24) is 0 Å². The molecule has 3 rings (SSSR count). The van der Waals surface area contributed by atoms with Crippen LogP contribution in [0.1, 0.15) is 11.1 Å². The van der Waals surface area contributed by atoms with Gasteiger partial charge in [0.25, 0.3) is 0 Å². The summed E-state index contributed by atoms with van der Waals surface area (Å²) in [5.41, 5.74) is 4.32. The van der Waals surface area contributed by atoms with Gasteiger partial charge in [0.05, 0.1) is 12.8 Å². The molecular weight excluding hydrogens is 364 g/mol. The Morgan fingerprint density at radius 2 is 2.09 bits per heavy atom. The lowest BCUT2D eigenvalue weighted by molar-refractivity contribution is 0.453. The number of halogens is 1. The second kappa shape index (κ2) is 6.81. The largest absolute Gasteiger partial charge is 0.367 e. The highest BCUT2D eigenvalue weighted by atomic mass is 79.9. The maximum atomic E-state index is 11.6. The van der Waals surface area contributed by atoms with Crippen molar-refractivity contribution in [2.75, 3.05) is 18.6 Å². The second-order valence-electron chi connectivity index (χ2n) is 5.10. The molecule has 116 valence electrons. The van der Waals surface area contributed by atoms with Crippen molar-refractivity contribution in [2.45, 2.75) is 13.0 Å². The number of rotatable bonds is 4. The topological polar surface area (TPSA) is 41.9 Å². The van der Waals surface area contributed by atoms with E-state index < -0.39 is 10.9 Å². The molecule has 0 amide bonds. The first kappa shape index (κ1) is 15.5. The molecule has 0 aromatic heterocycles. The Balaban J connectivity index is 1.95. The highest BCUT2D eigenvalue weighted by molar-refractivity contribution is 9.10. The zero-order valence-electron chi connectivity index (χ0n) is 12.2. The van der Waals surface area contributed by atoms with Crippen molar-refractivity contribution in [3.63, 3.8) is 0 Å². The van der Waals surface area contributed by atoms with Crippen LogP contribution >= 0.6 is 15.9 Å². The molecule has 0 radical (unpaired) electrons. The molecule has 0 saturated carbocycles. The number of hydrogen-bond acceptors (Lipinski definition) is 4. The van der Waals surface area contributed by atoms with Crippen LogP contribution in [0.3, 0.4) is 0 Å². The monoisotopic (exact) mass is 380 g/mol. The van der Waals surface area contributed by atoms with E-state index in [1.165, 1.54) is 12.7 Å². The van der Waals surface area contributed by atoms with Crippen LogP contribution in [-0.2, 0) is 28.0 Å². The predicted octanol–water partition coefficient (Wildman–Crippen LogP) is 3.87. The fourth-order valence-electron chi connectivity index (χ4n) is 2.70. The Bertz CT molecular complexity index is 758. The van der Waals surface area contributed by atoms with E-state index in [4.69, 9.17) is 4.18 Å². The lowest BCUT2D eigenvalue weighted by Crippen LogP contribution is -2.19. The number of nitrogens with zero attached hydrogens (tertiary/aromatic N) is 2.